The highest BCUT2D eigenvalue weighted by Crippen LogP contribution is 2.17. The molecule has 3 aromatic rings. The first-order valence-electron chi connectivity index (χ1n) is 10.8. The predicted octanol–water partition coefficient (Wildman–Crippen LogP) is 3.65. The van der Waals surface area contributed by atoms with Crippen LogP contribution in [-0.2, 0) is 6.54 Å². The number of hydrogen-bond donors (Lipinski definition) is 1. The van der Waals surface area contributed by atoms with E-state index in [4.69, 9.17) is 0 Å². The zero-order valence-electron chi connectivity index (χ0n) is 17.5. The molecule has 0 bridgehead atoms. The fourth-order valence-corrected chi connectivity index (χ4v) is 4.28. The molecule has 0 saturated carbocycles. The van der Waals surface area contributed by atoms with Crippen LogP contribution in [0.1, 0.15) is 42.1 Å². The van der Waals surface area contributed by atoms with Crippen LogP contribution in [0.5, 0.6) is 0 Å². The number of rotatable bonds is 6. The minimum absolute atomic E-state index is 0.0424. The van der Waals surface area contributed by atoms with Crippen LogP contribution in [0.2, 0.25) is 0 Å². The van der Waals surface area contributed by atoms with E-state index in [2.05, 4.69) is 17.1 Å². The zero-order chi connectivity index (χ0) is 20.9. The highest BCUT2D eigenvalue weighted by atomic mass is 16.1. The SMILES string of the molecule is CC1CCCCN1CCNC(=O)c1ccc2c(ccc(=O)n2Cc2ccccc2)c1. The third kappa shape index (κ3) is 4.62. The van der Waals surface area contributed by atoms with Crippen molar-refractivity contribution in [3.63, 3.8) is 0 Å². The van der Waals surface area contributed by atoms with Crippen LogP contribution in [0.3, 0.4) is 0 Å². The minimum Gasteiger partial charge on any atom is -0.351 e. The summed E-state index contributed by atoms with van der Waals surface area (Å²) in [7, 11) is 0. The van der Waals surface area contributed by atoms with Crippen LogP contribution in [0.15, 0.2) is 65.5 Å². The van der Waals surface area contributed by atoms with Crippen LogP contribution < -0.4 is 10.9 Å². The highest BCUT2D eigenvalue weighted by molar-refractivity contribution is 5.98. The third-order valence-corrected chi connectivity index (χ3v) is 6.06. The summed E-state index contributed by atoms with van der Waals surface area (Å²) in [4.78, 5) is 27.6. The van der Waals surface area contributed by atoms with Gasteiger partial charge in [-0.2, -0.15) is 0 Å². The van der Waals surface area contributed by atoms with E-state index in [1.54, 1.807) is 16.7 Å². The summed E-state index contributed by atoms with van der Waals surface area (Å²) < 4.78 is 1.75. The summed E-state index contributed by atoms with van der Waals surface area (Å²) in [5.74, 6) is -0.0672. The second-order valence-electron chi connectivity index (χ2n) is 8.15. The summed E-state index contributed by atoms with van der Waals surface area (Å²) in [6.07, 6.45) is 3.79. The van der Waals surface area contributed by atoms with Crippen molar-refractivity contribution in [2.75, 3.05) is 19.6 Å². The monoisotopic (exact) mass is 403 g/mol. The van der Waals surface area contributed by atoms with Crippen LogP contribution in [0.25, 0.3) is 10.9 Å². The van der Waals surface area contributed by atoms with Crippen molar-refractivity contribution in [3.05, 3.63) is 82.1 Å². The Morgan fingerprint density at radius 2 is 1.90 bits per heavy atom. The number of fused-ring (bicyclic) bond motifs is 1. The van der Waals surface area contributed by atoms with Gasteiger partial charge in [0, 0.05) is 30.8 Å². The number of carbonyl (C=O) groups is 1. The smallest absolute Gasteiger partial charge is 0.251 e. The number of nitrogens with zero attached hydrogens (tertiary/aromatic N) is 2. The molecule has 1 atom stereocenters. The predicted molar refractivity (Wildman–Crippen MR) is 121 cm³/mol. The van der Waals surface area contributed by atoms with Crippen molar-refractivity contribution in [3.8, 4) is 0 Å². The van der Waals surface area contributed by atoms with Crippen molar-refractivity contribution in [2.45, 2.75) is 38.8 Å². The van der Waals surface area contributed by atoms with Crippen LogP contribution in [0, 0.1) is 0 Å². The number of carbonyl (C=O) groups excluding carboxylic acids is 1. The summed E-state index contributed by atoms with van der Waals surface area (Å²) in [5, 5.41) is 3.94. The van der Waals surface area contributed by atoms with Gasteiger partial charge in [-0.05, 0) is 61.5 Å². The maximum absolute atomic E-state index is 12.7. The largest absolute Gasteiger partial charge is 0.351 e. The van der Waals surface area contributed by atoms with Gasteiger partial charge in [-0.25, -0.2) is 0 Å². The maximum atomic E-state index is 12.7. The van der Waals surface area contributed by atoms with Crippen LogP contribution in [-0.4, -0.2) is 41.1 Å². The minimum atomic E-state index is -0.0672. The van der Waals surface area contributed by atoms with Gasteiger partial charge in [-0.1, -0.05) is 36.8 Å². The topological polar surface area (TPSA) is 54.3 Å². The van der Waals surface area contributed by atoms with Gasteiger partial charge in [0.1, 0.15) is 0 Å². The number of aromatic nitrogens is 1. The summed E-state index contributed by atoms with van der Waals surface area (Å²) in [5.41, 5.74) is 2.49. The summed E-state index contributed by atoms with van der Waals surface area (Å²) in [6.45, 7) is 5.42. The van der Waals surface area contributed by atoms with E-state index >= 15 is 0 Å². The number of nitrogens with one attached hydrogen (secondary N) is 1. The van der Waals surface area contributed by atoms with Gasteiger partial charge < -0.3 is 9.88 Å². The Kier molecular flexibility index (Phi) is 6.29. The second kappa shape index (κ2) is 9.26. The first kappa shape index (κ1) is 20.4. The van der Waals surface area contributed by atoms with E-state index in [-0.39, 0.29) is 11.5 Å². The highest BCUT2D eigenvalue weighted by Gasteiger charge is 2.18. The molecule has 2 heterocycles. The fourth-order valence-electron chi connectivity index (χ4n) is 4.28. The lowest BCUT2D eigenvalue weighted by atomic mass is 10.0. The van der Waals surface area contributed by atoms with Gasteiger partial charge in [0.25, 0.3) is 11.5 Å². The number of hydrogen-bond acceptors (Lipinski definition) is 3. The lowest BCUT2D eigenvalue weighted by molar-refractivity contribution is 0.0938. The number of likely N-dealkylation sites (tertiary alicyclic amines) is 1. The fraction of sp³-hybridized carbons (Fsp3) is 0.360. The molecule has 5 heteroatoms. The Bertz CT molecular complexity index is 1070. The van der Waals surface area contributed by atoms with Crippen molar-refractivity contribution < 1.29 is 4.79 Å². The van der Waals surface area contributed by atoms with Crippen molar-refractivity contribution >= 4 is 16.8 Å². The van der Waals surface area contributed by atoms with Crippen LogP contribution >= 0.6 is 0 Å². The molecule has 1 aromatic heterocycles. The van der Waals surface area contributed by atoms with Gasteiger partial charge >= 0.3 is 0 Å². The number of benzene rings is 2. The van der Waals surface area contributed by atoms with E-state index in [1.807, 2.05) is 48.5 Å². The average Bonchev–Trinajstić information content (AvgIpc) is 2.77. The van der Waals surface area contributed by atoms with Gasteiger partial charge in [0.05, 0.1) is 12.1 Å². The molecular formula is C25H29N3O2. The lowest BCUT2D eigenvalue weighted by Gasteiger charge is -2.33. The molecule has 0 spiro atoms. The Balaban J connectivity index is 1.47. The summed E-state index contributed by atoms with van der Waals surface area (Å²) in [6, 6.07) is 19.4. The molecule has 1 amide bonds. The molecule has 0 radical (unpaired) electrons. The van der Waals surface area contributed by atoms with Gasteiger partial charge in [-0.3, -0.25) is 14.5 Å². The molecule has 4 rings (SSSR count). The van der Waals surface area contributed by atoms with E-state index < -0.39 is 0 Å². The molecule has 1 aliphatic heterocycles. The summed E-state index contributed by atoms with van der Waals surface area (Å²) >= 11 is 0. The van der Waals surface area contributed by atoms with Crippen LogP contribution in [0.4, 0.5) is 0 Å². The van der Waals surface area contributed by atoms with Gasteiger partial charge in [-0.15, -0.1) is 0 Å². The van der Waals surface area contributed by atoms with E-state index in [9.17, 15) is 9.59 Å². The zero-order valence-corrected chi connectivity index (χ0v) is 17.5. The average molecular weight is 404 g/mol. The Labute approximate surface area is 177 Å². The van der Waals surface area contributed by atoms with Crippen molar-refractivity contribution in [1.29, 1.82) is 0 Å². The Morgan fingerprint density at radius 1 is 1.07 bits per heavy atom. The molecule has 30 heavy (non-hydrogen) atoms. The number of amides is 1. The molecule has 1 saturated heterocycles. The van der Waals surface area contributed by atoms with Crippen molar-refractivity contribution in [2.24, 2.45) is 0 Å². The van der Waals surface area contributed by atoms with E-state index in [0.717, 1.165) is 29.6 Å². The molecule has 1 N–H and O–H groups in total. The Hall–Kier alpha value is -2.92. The number of pyridine rings is 1. The molecule has 156 valence electrons. The first-order valence-corrected chi connectivity index (χ1v) is 10.8. The maximum Gasteiger partial charge on any atom is 0.251 e. The molecule has 1 fully saturated rings. The molecular weight excluding hydrogens is 374 g/mol. The van der Waals surface area contributed by atoms with Crippen molar-refractivity contribution in [1.82, 2.24) is 14.8 Å². The third-order valence-electron chi connectivity index (χ3n) is 6.06. The quantitative estimate of drug-likeness (QED) is 0.684. The van der Waals surface area contributed by atoms with E-state index in [0.29, 0.717) is 24.7 Å². The second-order valence-corrected chi connectivity index (χ2v) is 8.15. The van der Waals surface area contributed by atoms with E-state index in [1.165, 1.54) is 19.3 Å². The molecule has 1 aliphatic rings. The molecule has 0 aliphatic carbocycles. The molecule has 2 aromatic carbocycles. The molecule has 5 nitrogen and oxygen atoms in total. The van der Waals surface area contributed by atoms with Gasteiger partial charge in [0.15, 0.2) is 0 Å². The Morgan fingerprint density at radius 3 is 2.70 bits per heavy atom. The standard InChI is InChI=1S/C25H29N3O2/c1-19-7-5-6-15-27(19)16-14-26-25(30)22-10-12-23-21(17-22)11-13-24(29)28(23)18-20-8-3-2-4-9-20/h2-4,8-13,17,19H,5-7,14-16,18H2,1H3,(H,26,30). The lowest BCUT2D eigenvalue weighted by Crippen LogP contribution is -2.42. The molecule has 1 unspecified atom stereocenters. The normalized spacial score (nSPS) is 17.2. The van der Waals surface area contributed by atoms with Gasteiger partial charge in [0.2, 0.25) is 0 Å². The first-order chi connectivity index (χ1) is 14.6. The number of piperidine rings is 1.